The SMILES string of the molecule is CCOc1ccccc1OC1CCN(C(=O)c2ccc(NS(=O)(=O)c3ccccc3)cc2)CC1. The van der Waals surface area contributed by atoms with Crippen LogP contribution in [0.5, 0.6) is 11.5 Å². The fourth-order valence-electron chi connectivity index (χ4n) is 3.86. The molecule has 0 aliphatic carbocycles. The summed E-state index contributed by atoms with van der Waals surface area (Å²) in [5, 5.41) is 0. The number of nitrogens with zero attached hydrogens (tertiary/aromatic N) is 1. The van der Waals surface area contributed by atoms with Gasteiger partial charge < -0.3 is 14.4 Å². The number of anilines is 1. The minimum Gasteiger partial charge on any atom is -0.490 e. The molecule has 0 aromatic heterocycles. The Morgan fingerprint density at radius 1 is 0.912 bits per heavy atom. The van der Waals surface area contributed by atoms with Gasteiger partial charge in [-0.1, -0.05) is 30.3 Å². The second-order valence-electron chi connectivity index (χ2n) is 7.99. The maximum atomic E-state index is 12.9. The Labute approximate surface area is 200 Å². The molecule has 178 valence electrons. The lowest BCUT2D eigenvalue weighted by Gasteiger charge is -2.32. The number of piperidine rings is 1. The van der Waals surface area contributed by atoms with E-state index in [0.717, 1.165) is 24.3 Å². The predicted molar refractivity (Wildman–Crippen MR) is 131 cm³/mol. The molecule has 0 bridgehead atoms. The van der Waals surface area contributed by atoms with Crippen molar-refractivity contribution in [1.29, 1.82) is 0 Å². The van der Waals surface area contributed by atoms with Crippen molar-refractivity contribution in [3.8, 4) is 11.5 Å². The predicted octanol–water partition coefficient (Wildman–Crippen LogP) is 4.57. The first-order chi connectivity index (χ1) is 16.5. The second-order valence-corrected chi connectivity index (χ2v) is 9.67. The number of hydrogen-bond acceptors (Lipinski definition) is 5. The van der Waals surface area contributed by atoms with Gasteiger partial charge >= 0.3 is 0 Å². The Morgan fingerprint density at radius 3 is 2.18 bits per heavy atom. The highest BCUT2D eigenvalue weighted by Crippen LogP contribution is 2.29. The van der Waals surface area contributed by atoms with E-state index in [-0.39, 0.29) is 16.9 Å². The van der Waals surface area contributed by atoms with E-state index in [4.69, 9.17) is 9.47 Å². The molecule has 3 aromatic carbocycles. The highest BCUT2D eigenvalue weighted by atomic mass is 32.2. The zero-order chi connectivity index (χ0) is 24.0. The van der Waals surface area contributed by atoms with Gasteiger partial charge in [-0.25, -0.2) is 8.42 Å². The summed E-state index contributed by atoms with van der Waals surface area (Å²) in [6.07, 6.45) is 1.46. The molecule has 3 aromatic rings. The average Bonchev–Trinajstić information content (AvgIpc) is 2.86. The molecule has 0 radical (unpaired) electrons. The molecular formula is C26H28N2O5S. The Bertz CT molecular complexity index is 1210. The molecule has 1 aliphatic rings. The highest BCUT2D eigenvalue weighted by Gasteiger charge is 2.25. The molecule has 0 unspecified atom stereocenters. The third-order valence-electron chi connectivity index (χ3n) is 5.61. The number of likely N-dealkylation sites (tertiary alicyclic amines) is 1. The van der Waals surface area contributed by atoms with Crippen molar-refractivity contribution < 1.29 is 22.7 Å². The van der Waals surface area contributed by atoms with Crippen LogP contribution in [0.3, 0.4) is 0 Å². The molecule has 1 heterocycles. The van der Waals surface area contributed by atoms with Gasteiger partial charge in [-0.15, -0.1) is 0 Å². The number of rotatable bonds is 8. The minimum atomic E-state index is -3.67. The first-order valence-corrected chi connectivity index (χ1v) is 12.8. The van der Waals surface area contributed by atoms with Crippen LogP contribution in [0.2, 0.25) is 0 Å². The summed E-state index contributed by atoms with van der Waals surface area (Å²) in [7, 11) is -3.67. The van der Waals surface area contributed by atoms with Crippen molar-refractivity contribution in [3.63, 3.8) is 0 Å². The number of para-hydroxylation sites is 2. The Morgan fingerprint density at radius 2 is 1.53 bits per heavy atom. The summed E-state index contributed by atoms with van der Waals surface area (Å²) in [5.74, 6) is 1.37. The van der Waals surface area contributed by atoms with E-state index in [1.807, 2.05) is 31.2 Å². The minimum absolute atomic E-state index is 0.0143. The third-order valence-corrected chi connectivity index (χ3v) is 7.01. The summed E-state index contributed by atoms with van der Waals surface area (Å²) in [4.78, 5) is 14.9. The molecule has 1 fully saturated rings. The van der Waals surface area contributed by atoms with Crippen LogP contribution in [0.4, 0.5) is 5.69 Å². The van der Waals surface area contributed by atoms with E-state index < -0.39 is 10.0 Å². The van der Waals surface area contributed by atoms with Gasteiger partial charge in [-0.2, -0.15) is 0 Å². The van der Waals surface area contributed by atoms with E-state index in [1.54, 1.807) is 47.4 Å². The van der Waals surface area contributed by atoms with E-state index in [2.05, 4.69) is 4.72 Å². The number of sulfonamides is 1. The second kappa shape index (κ2) is 10.6. The van der Waals surface area contributed by atoms with Crippen LogP contribution < -0.4 is 14.2 Å². The molecular weight excluding hydrogens is 452 g/mol. The largest absolute Gasteiger partial charge is 0.490 e. The zero-order valence-electron chi connectivity index (χ0n) is 19.0. The average molecular weight is 481 g/mol. The number of carbonyl (C=O) groups is 1. The number of ether oxygens (including phenoxy) is 2. The van der Waals surface area contributed by atoms with Gasteiger partial charge in [0.15, 0.2) is 11.5 Å². The van der Waals surface area contributed by atoms with Crippen LogP contribution in [0.25, 0.3) is 0 Å². The molecule has 0 saturated carbocycles. The number of nitrogens with one attached hydrogen (secondary N) is 1. The first-order valence-electron chi connectivity index (χ1n) is 11.3. The highest BCUT2D eigenvalue weighted by molar-refractivity contribution is 7.92. The van der Waals surface area contributed by atoms with E-state index >= 15 is 0 Å². The van der Waals surface area contributed by atoms with Crippen LogP contribution >= 0.6 is 0 Å². The third kappa shape index (κ3) is 5.69. The molecule has 1 N–H and O–H groups in total. The Hall–Kier alpha value is -3.52. The van der Waals surface area contributed by atoms with E-state index in [0.29, 0.717) is 30.9 Å². The fraction of sp³-hybridized carbons (Fsp3) is 0.269. The lowest BCUT2D eigenvalue weighted by atomic mass is 10.1. The monoisotopic (exact) mass is 480 g/mol. The number of benzene rings is 3. The molecule has 34 heavy (non-hydrogen) atoms. The van der Waals surface area contributed by atoms with Gasteiger partial charge in [0, 0.05) is 37.2 Å². The van der Waals surface area contributed by atoms with E-state index in [9.17, 15) is 13.2 Å². The van der Waals surface area contributed by atoms with Crippen molar-refractivity contribution in [2.24, 2.45) is 0 Å². The number of amides is 1. The smallest absolute Gasteiger partial charge is 0.261 e. The van der Waals surface area contributed by atoms with Crippen molar-refractivity contribution in [3.05, 3.63) is 84.4 Å². The quantitative estimate of drug-likeness (QED) is 0.511. The summed E-state index contributed by atoms with van der Waals surface area (Å²) in [6.45, 7) is 3.68. The molecule has 0 atom stereocenters. The lowest BCUT2D eigenvalue weighted by Crippen LogP contribution is -2.41. The molecule has 8 heteroatoms. The van der Waals surface area contributed by atoms with Gasteiger partial charge in [-0.05, 0) is 55.5 Å². The zero-order valence-corrected chi connectivity index (χ0v) is 19.8. The number of carbonyl (C=O) groups excluding carboxylic acids is 1. The van der Waals surface area contributed by atoms with Crippen LogP contribution in [0, 0.1) is 0 Å². The van der Waals surface area contributed by atoms with Crippen LogP contribution in [-0.2, 0) is 10.0 Å². The maximum Gasteiger partial charge on any atom is 0.261 e. The Balaban J connectivity index is 1.33. The van der Waals surface area contributed by atoms with Gasteiger partial charge in [0.1, 0.15) is 6.10 Å². The normalized spacial score (nSPS) is 14.4. The topological polar surface area (TPSA) is 84.9 Å². The fourth-order valence-corrected chi connectivity index (χ4v) is 4.94. The molecule has 4 rings (SSSR count). The van der Waals surface area contributed by atoms with Crippen LogP contribution in [-0.4, -0.2) is 45.0 Å². The summed E-state index contributed by atoms with van der Waals surface area (Å²) < 4.78 is 39.3. The van der Waals surface area contributed by atoms with Crippen molar-refractivity contribution >= 4 is 21.6 Å². The summed E-state index contributed by atoms with van der Waals surface area (Å²) in [5.41, 5.74) is 0.921. The van der Waals surface area contributed by atoms with Crippen LogP contribution in [0.15, 0.2) is 83.8 Å². The van der Waals surface area contributed by atoms with Crippen molar-refractivity contribution in [2.75, 3.05) is 24.4 Å². The van der Waals surface area contributed by atoms with Crippen molar-refractivity contribution in [2.45, 2.75) is 30.8 Å². The summed E-state index contributed by atoms with van der Waals surface area (Å²) in [6, 6.07) is 22.3. The van der Waals surface area contributed by atoms with Crippen molar-refractivity contribution in [1.82, 2.24) is 4.90 Å². The van der Waals surface area contributed by atoms with Gasteiger partial charge in [0.25, 0.3) is 15.9 Å². The molecule has 0 spiro atoms. The van der Waals surface area contributed by atoms with E-state index in [1.165, 1.54) is 12.1 Å². The lowest BCUT2D eigenvalue weighted by molar-refractivity contribution is 0.0589. The molecule has 7 nitrogen and oxygen atoms in total. The first kappa shape index (κ1) is 23.6. The number of hydrogen-bond donors (Lipinski definition) is 1. The van der Waals surface area contributed by atoms with Gasteiger partial charge in [-0.3, -0.25) is 9.52 Å². The standard InChI is InChI=1S/C26H28N2O5S/c1-2-32-24-10-6-7-11-25(24)33-22-16-18-28(19-17-22)26(29)20-12-14-21(15-13-20)27-34(30,31)23-8-4-3-5-9-23/h3-15,22,27H,2,16-19H2,1H3. The maximum absolute atomic E-state index is 12.9. The van der Waals surface area contributed by atoms with Gasteiger partial charge in [0.05, 0.1) is 11.5 Å². The molecule has 1 aliphatic heterocycles. The van der Waals surface area contributed by atoms with Crippen LogP contribution in [0.1, 0.15) is 30.1 Å². The van der Waals surface area contributed by atoms with Gasteiger partial charge in [0.2, 0.25) is 0 Å². The Kier molecular flexibility index (Phi) is 7.37. The summed E-state index contributed by atoms with van der Waals surface area (Å²) >= 11 is 0. The molecule has 1 saturated heterocycles. The molecule has 1 amide bonds.